The van der Waals surface area contributed by atoms with Gasteiger partial charge in [-0.05, 0) is 42.8 Å². The number of nitrogens with zero attached hydrogens (tertiary/aromatic N) is 3. The molecule has 166 valence electrons. The van der Waals surface area contributed by atoms with Crippen LogP contribution in [0.15, 0.2) is 52.1 Å². The van der Waals surface area contributed by atoms with Gasteiger partial charge in [0.25, 0.3) is 6.02 Å². The van der Waals surface area contributed by atoms with Gasteiger partial charge >= 0.3 is 6.68 Å². The Morgan fingerprint density at radius 3 is 2.58 bits per heavy atom. The molecule has 3 rings (SSSR count). The summed E-state index contributed by atoms with van der Waals surface area (Å²) in [7, 11) is 0. The number of hydrogen-bond donors (Lipinski definition) is 1. The van der Waals surface area contributed by atoms with Gasteiger partial charge in [0.05, 0.1) is 17.3 Å². The van der Waals surface area contributed by atoms with Crippen molar-refractivity contribution in [3.05, 3.63) is 59.0 Å². The molecule has 0 aliphatic carbocycles. The van der Waals surface area contributed by atoms with Crippen LogP contribution in [0.3, 0.4) is 0 Å². The second-order valence-corrected chi connectivity index (χ2v) is 6.34. The Kier molecular flexibility index (Phi) is 9.26. The monoisotopic (exact) mass is 458 g/mol. The molecule has 2 aromatic heterocycles. The van der Waals surface area contributed by atoms with Crippen molar-refractivity contribution in [2.24, 2.45) is 10.7 Å². The van der Waals surface area contributed by atoms with Crippen LogP contribution in [0, 0.1) is 5.82 Å². The number of aliphatic imine (C=N–C) groups is 1. The summed E-state index contributed by atoms with van der Waals surface area (Å²) in [5, 5.41) is 4.56. The molecule has 0 radical (unpaired) electrons. The molecular weight excluding hydrogens is 440 g/mol. The molecule has 0 spiro atoms. The third-order valence-corrected chi connectivity index (χ3v) is 3.99. The van der Waals surface area contributed by atoms with Crippen LogP contribution < -0.4 is 5.73 Å². The average molecular weight is 459 g/mol. The number of hydrogen-bond acceptors (Lipinski definition) is 5. The van der Waals surface area contributed by atoms with E-state index in [1.54, 1.807) is 30.3 Å². The second kappa shape index (κ2) is 11.9. The van der Waals surface area contributed by atoms with E-state index in [4.69, 9.17) is 26.6 Å². The van der Waals surface area contributed by atoms with Crippen LogP contribution in [0.4, 0.5) is 17.6 Å². The molecule has 31 heavy (non-hydrogen) atoms. The normalized spacial score (nSPS) is 11.3. The first-order chi connectivity index (χ1) is 14.8. The number of rotatable bonds is 6. The quantitative estimate of drug-likeness (QED) is 0.309. The lowest BCUT2D eigenvalue weighted by Crippen LogP contribution is -2.18. The van der Waals surface area contributed by atoms with Crippen molar-refractivity contribution in [3.8, 4) is 22.7 Å². The predicted octanol–water partition coefficient (Wildman–Crippen LogP) is 5.27. The summed E-state index contributed by atoms with van der Waals surface area (Å²) in [6.45, 7) is -1.05. The van der Waals surface area contributed by atoms with Crippen LogP contribution in [0.1, 0.15) is 12.5 Å². The molecule has 6 nitrogen and oxygen atoms in total. The zero-order valence-corrected chi connectivity index (χ0v) is 17.1. The van der Waals surface area contributed by atoms with E-state index in [9.17, 15) is 17.6 Å². The first-order valence-corrected chi connectivity index (χ1v) is 9.40. The maximum Gasteiger partial charge on any atom is 0.379 e. The minimum Gasteiger partial charge on any atom is -0.465 e. The SMILES string of the molecule is CCN=C(N)OCCc1cc(-c2cc(-c3ccc(Cl)cn3)no2)ccc1F.FC(F)F. The van der Waals surface area contributed by atoms with E-state index in [2.05, 4.69) is 15.1 Å². The molecule has 0 amide bonds. The van der Waals surface area contributed by atoms with E-state index in [0.717, 1.165) is 0 Å². The number of aromatic nitrogens is 2. The molecule has 0 saturated carbocycles. The van der Waals surface area contributed by atoms with Crippen LogP contribution in [-0.2, 0) is 11.2 Å². The zero-order chi connectivity index (χ0) is 22.8. The van der Waals surface area contributed by atoms with Crippen molar-refractivity contribution in [3.63, 3.8) is 0 Å². The highest BCUT2D eigenvalue weighted by Gasteiger charge is 2.12. The maximum atomic E-state index is 14.1. The molecule has 3 aromatic rings. The Bertz CT molecular complexity index is 994. The number of amidine groups is 1. The highest BCUT2D eigenvalue weighted by Crippen LogP contribution is 2.27. The summed E-state index contributed by atoms with van der Waals surface area (Å²) in [5.74, 6) is 0.184. The Morgan fingerprint density at radius 1 is 1.19 bits per heavy atom. The smallest absolute Gasteiger partial charge is 0.379 e. The van der Waals surface area contributed by atoms with Crippen molar-refractivity contribution in [1.29, 1.82) is 0 Å². The maximum absolute atomic E-state index is 14.1. The number of pyridine rings is 1. The van der Waals surface area contributed by atoms with Crippen molar-refractivity contribution in [2.75, 3.05) is 13.2 Å². The first kappa shape index (κ1) is 24.1. The van der Waals surface area contributed by atoms with Crippen molar-refractivity contribution < 1.29 is 26.8 Å². The van der Waals surface area contributed by atoms with Gasteiger partial charge < -0.3 is 15.0 Å². The topological polar surface area (TPSA) is 86.5 Å². The van der Waals surface area contributed by atoms with E-state index in [1.165, 1.54) is 12.3 Å². The van der Waals surface area contributed by atoms with Crippen molar-refractivity contribution >= 4 is 17.6 Å². The molecule has 0 unspecified atom stereocenters. The van der Waals surface area contributed by atoms with E-state index in [-0.39, 0.29) is 18.4 Å². The van der Waals surface area contributed by atoms with E-state index in [1.807, 2.05) is 6.92 Å². The van der Waals surface area contributed by atoms with Crippen LogP contribution in [-0.4, -0.2) is 36.0 Å². The summed E-state index contributed by atoms with van der Waals surface area (Å²) in [6.07, 6.45) is 1.88. The highest BCUT2D eigenvalue weighted by atomic mass is 35.5. The van der Waals surface area contributed by atoms with Gasteiger partial charge in [-0.25, -0.2) is 9.38 Å². The van der Waals surface area contributed by atoms with E-state index in [0.29, 0.717) is 46.3 Å². The van der Waals surface area contributed by atoms with E-state index < -0.39 is 6.68 Å². The van der Waals surface area contributed by atoms with Gasteiger partial charge in [0.1, 0.15) is 11.5 Å². The molecule has 2 heterocycles. The van der Waals surface area contributed by atoms with Gasteiger partial charge in [-0.15, -0.1) is 0 Å². The average Bonchev–Trinajstić information content (AvgIpc) is 3.20. The molecule has 2 N–H and O–H groups in total. The van der Waals surface area contributed by atoms with Gasteiger partial charge in [-0.3, -0.25) is 4.98 Å². The fourth-order valence-corrected chi connectivity index (χ4v) is 2.56. The summed E-state index contributed by atoms with van der Waals surface area (Å²) < 4.78 is 53.7. The lowest BCUT2D eigenvalue weighted by atomic mass is 10.1. The first-order valence-electron chi connectivity index (χ1n) is 9.02. The van der Waals surface area contributed by atoms with E-state index >= 15 is 0 Å². The van der Waals surface area contributed by atoms with Gasteiger partial charge in [0.15, 0.2) is 5.76 Å². The second-order valence-electron chi connectivity index (χ2n) is 5.90. The number of nitrogens with two attached hydrogens (primary N) is 1. The fraction of sp³-hybridized carbons (Fsp3) is 0.250. The highest BCUT2D eigenvalue weighted by molar-refractivity contribution is 6.30. The standard InChI is InChI=1S/C19H18ClFN4O2.CHF3/c1-2-23-19(22)26-8-7-12-9-13(3-5-15(12)21)18-10-17(25-27-18)16-6-4-14(20)11-24-16;2-1(3)4/h3-6,9-11H,2,7-8H2,1H3,(H2,22,23);1H. The largest absolute Gasteiger partial charge is 0.465 e. The van der Waals surface area contributed by atoms with Crippen LogP contribution in [0.2, 0.25) is 5.02 Å². The van der Waals surface area contributed by atoms with Gasteiger partial charge in [0, 0.05) is 30.8 Å². The molecule has 0 aliphatic heterocycles. The lowest BCUT2D eigenvalue weighted by Gasteiger charge is -2.07. The molecule has 1 aromatic carbocycles. The molecule has 0 bridgehead atoms. The van der Waals surface area contributed by atoms with Crippen molar-refractivity contribution in [1.82, 2.24) is 10.1 Å². The number of alkyl halides is 3. The van der Waals surface area contributed by atoms with Crippen LogP contribution >= 0.6 is 11.6 Å². The lowest BCUT2D eigenvalue weighted by molar-refractivity contribution is 0.00819. The van der Waals surface area contributed by atoms with Crippen LogP contribution in [0.25, 0.3) is 22.7 Å². The predicted molar refractivity (Wildman–Crippen MR) is 109 cm³/mol. The third-order valence-electron chi connectivity index (χ3n) is 3.77. The number of ether oxygens (including phenoxy) is 1. The zero-order valence-electron chi connectivity index (χ0n) is 16.4. The van der Waals surface area contributed by atoms with Gasteiger partial charge in [0.2, 0.25) is 0 Å². The van der Waals surface area contributed by atoms with Crippen LogP contribution in [0.5, 0.6) is 0 Å². The summed E-state index contributed by atoms with van der Waals surface area (Å²) in [6, 6.07) is 10.0. The molecule has 0 aliphatic rings. The summed E-state index contributed by atoms with van der Waals surface area (Å²) in [4.78, 5) is 8.13. The Morgan fingerprint density at radius 2 is 1.94 bits per heavy atom. The summed E-state index contributed by atoms with van der Waals surface area (Å²) >= 11 is 5.84. The molecule has 0 atom stereocenters. The molecule has 0 saturated heterocycles. The van der Waals surface area contributed by atoms with Gasteiger partial charge in [-0.2, -0.15) is 13.2 Å². The third kappa shape index (κ3) is 7.89. The molecular formula is C20H19ClF4N4O2. The minimum absolute atomic E-state index is 0.101. The number of halogens is 5. The Labute approximate surface area is 180 Å². The van der Waals surface area contributed by atoms with Crippen molar-refractivity contribution in [2.45, 2.75) is 20.0 Å². The Balaban J connectivity index is 0.000000785. The minimum atomic E-state index is -3.67. The Hall–Kier alpha value is -3.14. The fourth-order valence-electron chi connectivity index (χ4n) is 2.45. The van der Waals surface area contributed by atoms with Gasteiger partial charge in [-0.1, -0.05) is 16.8 Å². The molecule has 0 fully saturated rings. The number of benzene rings is 1. The summed E-state index contributed by atoms with van der Waals surface area (Å²) in [5.41, 5.74) is 7.96. The molecule has 11 heteroatoms.